The van der Waals surface area contributed by atoms with Crippen molar-refractivity contribution >= 4 is 33.5 Å². The number of hydrogen-bond donors (Lipinski definition) is 2. The van der Waals surface area contributed by atoms with E-state index in [2.05, 4.69) is 14.9 Å². The van der Waals surface area contributed by atoms with Gasteiger partial charge < -0.3 is 10.3 Å². The average molecular weight is 335 g/mol. The second kappa shape index (κ2) is 6.27. The van der Waals surface area contributed by atoms with Crippen molar-refractivity contribution < 1.29 is 12.9 Å². The molecule has 9 heteroatoms. The topological polar surface area (TPSA) is 111 Å². The van der Waals surface area contributed by atoms with Crippen molar-refractivity contribution in [2.24, 2.45) is 5.73 Å². The first kappa shape index (κ1) is 17.8. The minimum atomic E-state index is -3.69. The first-order valence-corrected chi connectivity index (χ1v) is 7.76. The minimum absolute atomic E-state index is 0. The van der Waals surface area contributed by atoms with E-state index < -0.39 is 15.6 Å². The Labute approximate surface area is 129 Å². The number of halogens is 1. The molecule has 118 valence electrons. The van der Waals surface area contributed by atoms with E-state index in [1.54, 1.807) is 13.8 Å². The molecule has 0 aliphatic rings. The molecule has 0 fully saturated rings. The van der Waals surface area contributed by atoms with Crippen LogP contribution in [-0.4, -0.2) is 30.6 Å². The summed E-state index contributed by atoms with van der Waals surface area (Å²) in [4.78, 5) is 4.07. The smallest absolute Gasteiger partial charge is 0.258 e. The molecular weight excluding hydrogens is 316 g/mol. The first-order chi connectivity index (χ1) is 9.29. The summed E-state index contributed by atoms with van der Waals surface area (Å²) in [6.45, 7) is 5.53. The number of nitrogens with one attached hydrogen (secondary N) is 1. The molecule has 0 saturated carbocycles. The lowest BCUT2D eigenvalue weighted by Crippen LogP contribution is -2.48. The third-order valence-electron chi connectivity index (χ3n) is 2.95. The Morgan fingerprint density at radius 3 is 2.67 bits per heavy atom. The fourth-order valence-corrected chi connectivity index (χ4v) is 3.12. The minimum Gasteiger partial charge on any atom is -0.336 e. The third kappa shape index (κ3) is 3.70. The van der Waals surface area contributed by atoms with Crippen LogP contribution >= 0.6 is 12.4 Å². The van der Waals surface area contributed by atoms with Crippen LogP contribution in [0.3, 0.4) is 0 Å². The second-order valence-corrected chi connectivity index (χ2v) is 6.88. The average Bonchev–Trinajstić information content (AvgIpc) is 2.79. The van der Waals surface area contributed by atoms with Crippen LogP contribution in [0.1, 0.15) is 26.5 Å². The van der Waals surface area contributed by atoms with Crippen molar-refractivity contribution in [2.45, 2.75) is 37.6 Å². The molecule has 0 aliphatic heterocycles. The molecule has 2 aromatic heterocycles. The highest BCUT2D eigenvalue weighted by molar-refractivity contribution is 7.89. The molecular formula is C12H19ClN4O3S. The van der Waals surface area contributed by atoms with Gasteiger partial charge in [-0.25, -0.2) is 18.1 Å². The number of fused-ring (bicyclic) bond motifs is 1. The van der Waals surface area contributed by atoms with Crippen LogP contribution in [0.15, 0.2) is 21.7 Å². The molecule has 0 radical (unpaired) electrons. The Morgan fingerprint density at radius 1 is 1.43 bits per heavy atom. The fourth-order valence-electron chi connectivity index (χ4n) is 1.73. The lowest BCUT2D eigenvalue weighted by molar-refractivity contribution is 0.439. The molecule has 0 bridgehead atoms. The molecule has 0 unspecified atom stereocenters. The van der Waals surface area contributed by atoms with Gasteiger partial charge in [0.1, 0.15) is 4.90 Å². The van der Waals surface area contributed by atoms with Crippen LogP contribution in [0.4, 0.5) is 0 Å². The summed E-state index contributed by atoms with van der Waals surface area (Å²) in [5.74, 6) is 0. The van der Waals surface area contributed by atoms with Crippen molar-refractivity contribution in [1.82, 2.24) is 14.9 Å². The lowest BCUT2D eigenvalue weighted by atomic mass is 10.1. The van der Waals surface area contributed by atoms with E-state index in [9.17, 15) is 8.42 Å². The second-order valence-electron chi connectivity index (χ2n) is 5.20. The number of pyridine rings is 1. The zero-order valence-corrected chi connectivity index (χ0v) is 13.7. The summed E-state index contributed by atoms with van der Waals surface area (Å²) in [7, 11) is -3.69. The summed E-state index contributed by atoms with van der Waals surface area (Å²) < 4.78 is 32.2. The van der Waals surface area contributed by atoms with Crippen molar-refractivity contribution in [3.05, 3.63) is 18.0 Å². The summed E-state index contributed by atoms with van der Waals surface area (Å²) >= 11 is 0. The Bertz CT molecular complexity index is 727. The maximum atomic E-state index is 12.3. The molecule has 7 nitrogen and oxygen atoms in total. The van der Waals surface area contributed by atoms with Gasteiger partial charge in [0.25, 0.3) is 5.71 Å². The molecule has 2 aromatic rings. The van der Waals surface area contributed by atoms with E-state index in [0.29, 0.717) is 23.2 Å². The van der Waals surface area contributed by atoms with Crippen LogP contribution < -0.4 is 10.5 Å². The SMILES string of the molecule is CCc1noc2ncc(S(=O)(=O)NC(C)(C)CN)cc12.Cl. The first-order valence-electron chi connectivity index (χ1n) is 6.27. The van der Waals surface area contributed by atoms with E-state index in [-0.39, 0.29) is 23.8 Å². The number of hydrogen-bond acceptors (Lipinski definition) is 6. The Hall–Kier alpha value is -1.22. The number of rotatable bonds is 5. The molecule has 3 N–H and O–H groups in total. The zero-order valence-electron chi connectivity index (χ0n) is 12.1. The molecule has 0 amide bonds. The Kier molecular flexibility index (Phi) is 5.32. The van der Waals surface area contributed by atoms with Gasteiger partial charge in [-0.1, -0.05) is 12.1 Å². The standard InChI is InChI=1S/C12H18N4O3S.ClH/c1-4-10-9-5-8(6-14-11(9)19-15-10)20(17,18)16-12(2,3)7-13;/h5-6,16H,4,7,13H2,1-3H3;1H. The van der Waals surface area contributed by atoms with E-state index >= 15 is 0 Å². The maximum Gasteiger partial charge on any atom is 0.258 e. The Morgan fingerprint density at radius 2 is 2.10 bits per heavy atom. The zero-order chi connectivity index (χ0) is 15.0. The summed E-state index contributed by atoms with van der Waals surface area (Å²) in [5.41, 5.74) is 5.83. The van der Waals surface area contributed by atoms with E-state index in [1.165, 1.54) is 12.3 Å². The molecule has 0 aromatic carbocycles. The van der Waals surface area contributed by atoms with Crippen LogP contribution in [-0.2, 0) is 16.4 Å². The highest BCUT2D eigenvalue weighted by Gasteiger charge is 2.26. The Balaban J connectivity index is 0.00000220. The highest BCUT2D eigenvalue weighted by Crippen LogP contribution is 2.21. The fraction of sp³-hybridized carbons (Fsp3) is 0.500. The number of sulfonamides is 1. The van der Waals surface area contributed by atoms with Crippen molar-refractivity contribution in [2.75, 3.05) is 6.54 Å². The van der Waals surface area contributed by atoms with Crippen LogP contribution in [0.25, 0.3) is 11.1 Å². The van der Waals surface area contributed by atoms with Crippen LogP contribution in [0, 0.1) is 0 Å². The van der Waals surface area contributed by atoms with Gasteiger partial charge in [0.15, 0.2) is 0 Å². The van der Waals surface area contributed by atoms with Crippen LogP contribution in [0.5, 0.6) is 0 Å². The summed E-state index contributed by atoms with van der Waals surface area (Å²) in [5, 5.41) is 4.47. The van der Waals surface area contributed by atoms with Crippen molar-refractivity contribution in [3.8, 4) is 0 Å². The van der Waals surface area contributed by atoms with Gasteiger partial charge >= 0.3 is 0 Å². The largest absolute Gasteiger partial charge is 0.336 e. The van der Waals surface area contributed by atoms with Gasteiger partial charge in [0.2, 0.25) is 10.0 Å². The monoisotopic (exact) mass is 334 g/mol. The molecule has 0 atom stereocenters. The summed E-state index contributed by atoms with van der Waals surface area (Å²) in [6.07, 6.45) is 1.89. The van der Waals surface area contributed by atoms with Crippen molar-refractivity contribution in [1.29, 1.82) is 0 Å². The van der Waals surface area contributed by atoms with Crippen molar-refractivity contribution in [3.63, 3.8) is 0 Å². The predicted octanol–water partition coefficient (Wildman–Crippen LogP) is 1.22. The normalized spacial score (nSPS) is 12.4. The van der Waals surface area contributed by atoms with Crippen LogP contribution in [0.2, 0.25) is 0 Å². The molecule has 21 heavy (non-hydrogen) atoms. The van der Waals surface area contributed by atoms with Gasteiger partial charge in [-0.15, -0.1) is 12.4 Å². The molecule has 2 rings (SSSR count). The van der Waals surface area contributed by atoms with Gasteiger partial charge in [-0.05, 0) is 26.3 Å². The quantitative estimate of drug-likeness (QED) is 0.850. The van der Waals surface area contributed by atoms with Gasteiger partial charge in [-0.3, -0.25) is 0 Å². The number of nitrogens with two attached hydrogens (primary N) is 1. The van der Waals surface area contributed by atoms with E-state index in [1.807, 2.05) is 6.92 Å². The predicted molar refractivity (Wildman–Crippen MR) is 81.9 cm³/mol. The van der Waals surface area contributed by atoms with Gasteiger partial charge in [-0.2, -0.15) is 0 Å². The lowest BCUT2D eigenvalue weighted by Gasteiger charge is -2.23. The molecule has 0 spiro atoms. The molecule has 2 heterocycles. The van der Waals surface area contributed by atoms with E-state index in [0.717, 1.165) is 0 Å². The van der Waals surface area contributed by atoms with E-state index in [4.69, 9.17) is 10.3 Å². The summed E-state index contributed by atoms with van der Waals surface area (Å²) in [6, 6.07) is 1.52. The third-order valence-corrected chi connectivity index (χ3v) is 4.61. The number of aromatic nitrogens is 2. The number of aryl methyl sites for hydroxylation is 1. The van der Waals surface area contributed by atoms with Gasteiger partial charge in [0, 0.05) is 12.1 Å². The van der Waals surface area contributed by atoms with Gasteiger partial charge in [0.05, 0.1) is 17.3 Å². The molecule has 0 saturated heterocycles. The highest BCUT2D eigenvalue weighted by atomic mass is 35.5. The maximum absolute atomic E-state index is 12.3. The number of nitrogens with zero attached hydrogens (tertiary/aromatic N) is 2. The molecule has 0 aliphatic carbocycles.